The molecular weight excluding hydrogens is 251 g/mol. The third kappa shape index (κ3) is 4.49. The molecule has 1 saturated carbocycles. The van der Waals surface area contributed by atoms with E-state index in [0.29, 0.717) is 13.2 Å². The number of carbonyl (C=O) groups is 1. The van der Waals surface area contributed by atoms with Gasteiger partial charge >= 0.3 is 7.60 Å². The topological polar surface area (TPSA) is 52.6 Å². The normalized spacial score (nSPS) is 17.9. The molecule has 0 unspecified atom stereocenters. The van der Waals surface area contributed by atoms with Crippen molar-refractivity contribution in [3.05, 3.63) is 0 Å². The predicted molar refractivity (Wildman–Crippen MR) is 71.7 cm³/mol. The first-order chi connectivity index (χ1) is 8.64. The third-order valence-corrected chi connectivity index (χ3v) is 5.11. The minimum absolute atomic E-state index is 0.127. The zero-order valence-electron chi connectivity index (χ0n) is 11.5. The van der Waals surface area contributed by atoms with Crippen LogP contribution in [0.15, 0.2) is 0 Å². The molecule has 0 amide bonds. The van der Waals surface area contributed by atoms with Crippen molar-refractivity contribution in [3.8, 4) is 0 Å². The first-order valence-corrected chi connectivity index (χ1v) is 8.61. The van der Waals surface area contributed by atoms with Gasteiger partial charge in [-0.2, -0.15) is 0 Å². The van der Waals surface area contributed by atoms with Gasteiger partial charge in [0.1, 0.15) is 0 Å². The van der Waals surface area contributed by atoms with Crippen molar-refractivity contribution in [1.29, 1.82) is 0 Å². The third-order valence-electron chi connectivity index (χ3n) is 3.16. The maximum Gasteiger partial charge on any atom is 0.396 e. The van der Waals surface area contributed by atoms with Crippen LogP contribution in [-0.4, -0.2) is 18.7 Å². The fourth-order valence-electron chi connectivity index (χ4n) is 2.16. The second-order valence-electron chi connectivity index (χ2n) is 4.84. The molecule has 106 valence electrons. The lowest BCUT2D eigenvalue weighted by atomic mass is 9.90. The summed E-state index contributed by atoms with van der Waals surface area (Å²) in [5, 5.41) is 0. The summed E-state index contributed by atoms with van der Waals surface area (Å²) in [7, 11) is -3.55. The average molecular weight is 276 g/mol. The van der Waals surface area contributed by atoms with E-state index in [2.05, 4.69) is 0 Å². The van der Waals surface area contributed by atoms with Gasteiger partial charge in [0, 0.05) is 5.92 Å². The van der Waals surface area contributed by atoms with Gasteiger partial charge < -0.3 is 9.05 Å². The van der Waals surface area contributed by atoms with Crippen molar-refractivity contribution in [2.45, 2.75) is 58.8 Å². The van der Waals surface area contributed by atoms with E-state index in [1.54, 1.807) is 0 Å². The van der Waals surface area contributed by atoms with Crippen molar-refractivity contribution in [1.82, 2.24) is 0 Å². The Morgan fingerprint density at radius 3 is 2.00 bits per heavy atom. The van der Waals surface area contributed by atoms with E-state index in [9.17, 15) is 9.36 Å². The summed E-state index contributed by atoms with van der Waals surface area (Å²) in [4.78, 5) is 12.3. The molecule has 1 aliphatic rings. The molecule has 0 spiro atoms. The average Bonchev–Trinajstić information content (AvgIpc) is 2.43. The molecule has 0 aromatic carbocycles. The maximum absolute atomic E-state index is 12.5. The fourth-order valence-corrected chi connectivity index (χ4v) is 4.04. The van der Waals surface area contributed by atoms with E-state index >= 15 is 0 Å². The Balaban J connectivity index is 2.67. The van der Waals surface area contributed by atoms with Gasteiger partial charge in [-0.25, -0.2) is 0 Å². The monoisotopic (exact) mass is 276 g/mol. The molecule has 4 nitrogen and oxygen atoms in total. The second kappa shape index (κ2) is 8.08. The van der Waals surface area contributed by atoms with Crippen LogP contribution < -0.4 is 0 Å². The van der Waals surface area contributed by atoms with Gasteiger partial charge in [0.25, 0.3) is 0 Å². The first-order valence-electron chi connectivity index (χ1n) is 7.07. The molecule has 18 heavy (non-hydrogen) atoms. The summed E-state index contributed by atoms with van der Waals surface area (Å²) in [6, 6.07) is 0. The summed E-state index contributed by atoms with van der Waals surface area (Å²) in [6.45, 7) is 4.49. The van der Waals surface area contributed by atoms with Crippen LogP contribution in [-0.2, 0) is 18.4 Å². The van der Waals surface area contributed by atoms with Gasteiger partial charge in [0.2, 0.25) is 5.52 Å². The molecule has 1 fully saturated rings. The summed E-state index contributed by atoms with van der Waals surface area (Å²) in [5.41, 5.74) is -0.288. The van der Waals surface area contributed by atoms with Gasteiger partial charge in [-0.15, -0.1) is 0 Å². The highest BCUT2D eigenvalue weighted by Crippen LogP contribution is 2.53. The Morgan fingerprint density at radius 1 is 1.06 bits per heavy atom. The molecule has 5 heteroatoms. The van der Waals surface area contributed by atoms with E-state index < -0.39 is 7.60 Å². The van der Waals surface area contributed by atoms with Crippen LogP contribution in [0.4, 0.5) is 0 Å². The molecule has 0 bridgehead atoms. The van der Waals surface area contributed by atoms with E-state index in [-0.39, 0.29) is 11.4 Å². The lowest BCUT2D eigenvalue weighted by molar-refractivity contribution is -0.118. The minimum Gasteiger partial charge on any atom is -0.303 e. The lowest BCUT2D eigenvalue weighted by Crippen LogP contribution is -2.20. The highest BCUT2D eigenvalue weighted by atomic mass is 31.2. The maximum atomic E-state index is 12.5. The summed E-state index contributed by atoms with van der Waals surface area (Å²) >= 11 is 0. The van der Waals surface area contributed by atoms with Gasteiger partial charge in [-0.3, -0.25) is 9.36 Å². The van der Waals surface area contributed by atoms with Crippen LogP contribution in [0.1, 0.15) is 58.8 Å². The zero-order valence-corrected chi connectivity index (χ0v) is 12.4. The van der Waals surface area contributed by atoms with Crippen molar-refractivity contribution >= 4 is 13.1 Å². The van der Waals surface area contributed by atoms with E-state index in [1.165, 1.54) is 6.42 Å². The zero-order chi connectivity index (χ0) is 13.4. The highest BCUT2D eigenvalue weighted by molar-refractivity contribution is 7.71. The van der Waals surface area contributed by atoms with Crippen LogP contribution >= 0.6 is 7.60 Å². The predicted octanol–water partition coefficient (Wildman–Crippen LogP) is 4.14. The van der Waals surface area contributed by atoms with Crippen LogP contribution in [0.3, 0.4) is 0 Å². The molecule has 0 N–H and O–H groups in total. The summed E-state index contributed by atoms with van der Waals surface area (Å²) < 4.78 is 23.1. The Kier molecular flexibility index (Phi) is 7.13. The van der Waals surface area contributed by atoms with E-state index in [0.717, 1.165) is 38.5 Å². The Morgan fingerprint density at radius 2 is 1.56 bits per heavy atom. The Labute approximate surface area is 110 Å². The van der Waals surface area contributed by atoms with Crippen molar-refractivity contribution in [3.63, 3.8) is 0 Å². The van der Waals surface area contributed by atoms with Crippen LogP contribution in [0.5, 0.6) is 0 Å². The fraction of sp³-hybridized carbons (Fsp3) is 0.923. The Hall–Kier alpha value is -0.180. The number of hydrogen-bond acceptors (Lipinski definition) is 4. The summed E-state index contributed by atoms with van der Waals surface area (Å²) in [5.74, 6) is -0.127. The van der Waals surface area contributed by atoms with Gasteiger partial charge in [-0.1, -0.05) is 33.1 Å². The molecule has 0 aliphatic heterocycles. The van der Waals surface area contributed by atoms with Gasteiger partial charge in [0.15, 0.2) is 0 Å². The molecule has 0 radical (unpaired) electrons. The number of hydrogen-bond donors (Lipinski definition) is 0. The van der Waals surface area contributed by atoms with Crippen LogP contribution in [0, 0.1) is 5.92 Å². The molecule has 0 aromatic rings. The van der Waals surface area contributed by atoms with E-state index in [4.69, 9.17) is 9.05 Å². The SMILES string of the molecule is CCCOP(=O)(OCCC)C(=O)C1CCCCC1. The van der Waals surface area contributed by atoms with Crippen LogP contribution in [0.25, 0.3) is 0 Å². The van der Waals surface area contributed by atoms with Crippen LogP contribution in [0.2, 0.25) is 0 Å². The molecule has 0 saturated heterocycles. The second-order valence-corrected chi connectivity index (χ2v) is 6.79. The largest absolute Gasteiger partial charge is 0.396 e. The van der Waals surface area contributed by atoms with Crippen molar-refractivity contribution < 1.29 is 18.4 Å². The van der Waals surface area contributed by atoms with Gasteiger partial charge in [0.05, 0.1) is 13.2 Å². The molecule has 1 rings (SSSR count). The molecule has 0 heterocycles. The summed E-state index contributed by atoms with van der Waals surface area (Å²) in [6.07, 6.45) is 6.37. The first kappa shape index (κ1) is 15.9. The standard InChI is InChI=1S/C13H25O4P/c1-3-10-16-18(15,17-11-4-2)13(14)12-8-6-5-7-9-12/h12H,3-11H2,1-2H3. The molecule has 1 aliphatic carbocycles. The Bertz CT molecular complexity index is 285. The van der Waals surface area contributed by atoms with Gasteiger partial charge in [-0.05, 0) is 25.7 Å². The minimum atomic E-state index is -3.55. The molecular formula is C13H25O4P. The number of carbonyl (C=O) groups excluding carboxylic acids is 1. The molecule has 0 aromatic heterocycles. The quantitative estimate of drug-likeness (QED) is 0.625. The molecule has 0 atom stereocenters. The van der Waals surface area contributed by atoms with E-state index in [1.807, 2.05) is 13.8 Å². The highest BCUT2D eigenvalue weighted by Gasteiger charge is 2.39. The lowest BCUT2D eigenvalue weighted by Gasteiger charge is -2.24. The van der Waals surface area contributed by atoms with Crippen molar-refractivity contribution in [2.24, 2.45) is 5.92 Å². The smallest absolute Gasteiger partial charge is 0.303 e. The van der Waals surface area contributed by atoms with Crippen molar-refractivity contribution in [2.75, 3.05) is 13.2 Å². The number of rotatable bonds is 8.